The van der Waals surface area contributed by atoms with Crippen molar-refractivity contribution in [3.63, 3.8) is 0 Å². The molecule has 0 bridgehead atoms. The molecule has 0 saturated carbocycles. The van der Waals surface area contributed by atoms with Crippen molar-refractivity contribution >= 4 is 43.1 Å². The number of rotatable bonds is 0. The van der Waals surface area contributed by atoms with E-state index in [-0.39, 0.29) is 10.8 Å². The maximum absolute atomic E-state index is 2.31. The van der Waals surface area contributed by atoms with E-state index in [1.807, 2.05) is 208 Å². The lowest BCUT2D eigenvalue weighted by molar-refractivity contribution is 0.660. The van der Waals surface area contributed by atoms with Crippen molar-refractivity contribution in [2.24, 2.45) is 0 Å². The van der Waals surface area contributed by atoms with Gasteiger partial charge in [-0.1, -0.05) is 464 Å². The van der Waals surface area contributed by atoms with Crippen LogP contribution < -0.4 is 0 Å². The summed E-state index contributed by atoms with van der Waals surface area (Å²) in [6.07, 6.45) is 1.10. The van der Waals surface area contributed by atoms with E-state index in [2.05, 4.69) is 293 Å². The highest BCUT2D eigenvalue weighted by Crippen LogP contribution is 2.62. The Hall–Kier alpha value is -9.10. The molecule has 0 nitrogen and oxygen atoms in total. The van der Waals surface area contributed by atoms with Crippen molar-refractivity contribution in [1.82, 2.24) is 0 Å². The summed E-state index contributed by atoms with van der Waals surface area (Å²) >= 11 is 0. The minimum atomic E-state index is -0.180. The maximum atomic E-state index is 2.31. The van der Waals surface area contributed by atoms with Gasteiger partial charge in [-0.25, -0.2) is 0 Å². The van der Waals surface area contributed by atoms with Crippen molar-refractivity contribution in [3.05, 3.63) is 324 Å². The summed E-state index contributed by atoms with van der Waals surface area (Å²) in [5, 5.41) is 10.4. The minimum absolute atomic E-state index is 0.160. The van der Waals surface area contributed by atoms with Crippen molar-refractivity contribution < 1.29 is 0 Å². The molecule has 0 heteroatoms. The zero-order chi connectivity index (χ0) is 80.1. The number of fused-ring (bicyclic) bond motifs is 20. The molecule has 4 aliphatic rings. The van der Waals surface area contributed by atoms with Gasteiger partial charge in [0, 0.05) is 5.41 Å². The molecule has 0 amide bonds. The SMILES string of the molecule is CC.CC.CC.CC.CC.CC.CC.CC.CC.CC.CC.CC.CC.CC.CC.CC1(C)c2ccccc2-c2ccccc21.c1ccc2c(c1)-c1ccccc1C21c2ccccc2-c2ccccc21.c1ccc2c(c1)Cc1ccccc1-2.c1ccc2cc3cc4cc5ccccc5cc4cc3cc2c1. The van der Waals surface area contributed by atoms with Crippen molar-refractivity contribution in [3.8, 4) is 44.5 Å². The number of hydrogen-bond acceptors (Lipinski definition) is 0. The predicted molar refractivity (Wildman–Crippen MR) is 488 cm³/mol. The first-order chi connectivity index (χ1) is 51.9. The Morgan fingerprint density at radius 2 is 0.314 bits per heavy atom. The molecule has 0 radical (unpaired) electrons. The van der Waals surface area contributed by atoms with Gasteiger partial charge in [-0.2, -0.15) is 0 Å². The molecular formula is C105H144. The molecular weight excluding hydrogens is 1260 g/mol. The van der Waals surface area contributed by atoms with Gasteiger partial charge in [-0.3, -0.25) is 0 Å². The van der Waals surface area contributed by atoms with Crippen LogP contribution in [0.2, 0.25) is 0 Å². The summed E-state index contributed by atoms with van der Waals surface area (Å²) in [5.74, 6) is 0. The minimum Gasteiger partial charge on any atom is -0.0683 e. The van der Waals surface area contributed by atoms with E-state index in [0.717, 1.165) is 6.42 Å². The van der Waals surface area contributed by atoms with E-state index in [1.165, 1.54) is 132 Å². The monoisotopic (exact) mass is 1410 g/mol. The fourth-order valence-electron chi connectivity index (χ4n) is 13.2. The first-order valence-corrected chi connectivity index (χ1v) is 41.4. The topological polar surface area (TPSA) is 0 Å². The van der Waals surface area contributed by atoms with Crippen LogP contribution in [-0.2, 0) is 17.3 Å². The van der Waals surface area contributed by atoms with Gasteiger partial charge in [0.2, 0.25) is 0 Å². The second-order valence-electron chi connectivity index (χ2n) is 21.1. The summed E-state index contributed by atoms with van der Waals surface area (Å²) in [4.78, 5) is 0. The molecule has 564 valence electrons. The van der Waals surface area contributed by atoms with E-state index in [0.29, 0.717) is 0 Å². The van der Waals surface area contributed by atoms with Crippen LogP contribution in [0.5, 0.6) is 0 Å². The molecule has 105 heavy (non-hydrogen) atoms. The summed E-state index contributed by atoms with van der Waals surface area (Å²) < 4.78 is 0. The van der Waals surface area contributed by atoms with Crippen LogP contribution in [0.4, 0.5) is 0 Å². The van der Waals surface area contributed by atoms with E-state index in [1.54, 1.807) is 0 Å². The Morgan fingerprint density at radius 3 is 0.533 bits per heavy atom. The molecule has 0 unspecified atom stereocenters. The smallest absolute Gasteiger partial charge is 0.0683 e. The maximum Gasteiger partial charge on any atom is 0.0725 e. The standard InChI is InChI=1S/C25H16.C22H14.C15H14.C13H10.15C2H6/c1-5-13-21-17(9-1)18-10-2-6-14-22(18)25(21)23-15-7-3-11-19(23)20-12-4-8-16-24(20)25;1-2-6-16-10-20-14-22-12-18-8-4-3-7-17(18)11-21(22)13-19(20)9-15(16)5-1;1-15(2)13-9-5-3-7-11(13)12-8-4-6-10-14(12)15;1-3-7-12-10(5-1)9-11-6-2-4-8-13(11)12;15*1-2/h1-16H;1-14H;3-10H,1-2H3;1-8H,9H2;15*1-2H3. The zero-order valence-electron chi connectivity index (χ0n) is 72.3. The quantitative estimate of drug-likeness (QED) is 0.133. The summed E-state index contributed by atoms with van der Waals surface area (Å²) in [7, 11) is 0. The largest absolute Gasteiger partial charge is 0.0725 e. The van der Waals surface area contributed by atoms with E-state index in [4.69, 9.17) is 0 Å². The lowest BCUT2D eigenvalue weighted by Gasteiger charge is -2.30. The second kappa shape index (κ2) is 56.3. The second-order valence-corrected chi connectivity index (χ2v) is 21.1. The first-order valence-electron chi connectivity index (χ1n) is 41.4. The summed E-state index contributed by atoms with van der Waals surface area (Å²) in [5.41, 5.74) is 22.5. The van der Waals surface area contributed by atoms with Gasteiger partial charge < -0.3 is 0 Å². The lowest BCUT2D eigenvalue weighted by Crippen LogP contribution is -2.25. The molecule has 0 aromatic heterocycles. The van der Waals surface area contributed by atoms with Gasteiger partial charge in [0.15, 0.2) is 0 Å². The van der Waals surface area contributed by atoms with Crippen LogP contribution in [0, 0.1) is 0 Å². The molecule has 0 atom stereocenters. The zero-order valence-corrected chi connectivity index (χ0v) is 72.3. The van der Waals surface area contributed by atoms with Crippen LogP contribution in [-0.4, -0.2) is 0 Å². The van der Waals surface area contributed by atoms with Gasteiger partial charge in [0.25, 0.3) is 0 Å². The van der Waals surface area contributed by atoms with E-state index < -0.39 is 0 Å². The lowest BCUT2D eigenvalue weighted by atomic mass is 9.70. The summed E-state index contributed by atoms with van der Waals surface area (Å²) in [6.45, 7) is 64.6. The van der Waals surface area contributed by atoms with Crippen LogP contribution in [0.3, 0.4) is 0 Å². The highest BCUT2D eigenvalue weighted by Gasteiger charge is 2.51. The average Bonchev–Trinajstić information content (AvgIpc) is 1.51. The molecule has 0 saturated heterocycles. The molecule has 0 N–H and O–H groups in total. The first kappa shape index (κ1) is 98.0. The molecule has 0 aliphatic heterocycles. The highest BCUT2D eigenvalue weighted by molar-refractivity contribution is 6.08. The molecule has 17 rings (SSSR count). The summed E-state index contributed by atoms with van der Waals surface area (Å²) in [6, 6.07) is 101. The normalized spacial score (nSPS) is 10.6. The van der Waals surface area contributed by atoms with Crippen LogP contribution >= 0.6 is 0 Å². The Bertz CT molecular complexity index is 3910. The van der Waals surface area contributed by atoms with Gasteiger partial charge in [0.1, 0.15) is 0 Å². The molecule has 13 aromatic rings. The average molecular weight is 1410 g/mol. The van der Waals surface area contributed by atoms with Gasteiger partial charge in [-0.05, 0) is 175 Å². The number of benzene rings is 13. The van der Waals surface area contributed by atoms with E-state index >= 15 is 0 Å². The molecule has 0 fully saturated rings. The fraction of sp³-hybridized carbons (Fsp3) is 0.333. The number of hydrogen-bond donors (Lipinski definition) is 0. The third-order valence-electron chi connectivity index (χ3n) is 16.6. The van der Waals surface area contributed by atoms with Gasteiger partial charge in [-0.15, -0.1) is 0 Å². The predicted octanol–water partition coefficient (Wildman–Crippen LogP) is 35.0. The van der Waals surface area contributed by atoms with E-state index in [9.17, 15) is 0 Å². The van der Waals surface area contributed by atoms with Crippen molar-refractivity contribution in [2.75, 3.05) is 0 Å². The Labute approximate surface area is 645 Å². The Balaban J connectivity index is 0. The highest BCUT2D eigenvalue weighted by atomic mass is 14.5. The molecule has 0 heterocycles. The Morgan fingerprint density at radius 1 is 0.162 bits per heavy atom. The Kier molecular flexibility index (Phi) is 52.5. The molecule has 1 spiro atoms. The van der Waals surface area contributed by atoms with Crippen LogP contribution in [0.25, 0.3) is 87.6 Å². The molecule has 13 aromatic carbocycles. The third-order valence-corrected chi connectivity index (χ3v) is 16.6. The third kappa shape index (κ3) is 23.0. The molecule has 4 aliphatic carbocycles. The van der Waals surface area contributed by atoms with Gasteiger partial charge in [0.05, 0.1) is 5.41 Å². The van der Waals surface area contributed by atoms with Crippen molar-refractivity contribution in [1.29, 1.82) is 0 Å². The fourth-order valence-corrected chi connectivity index (χ4v) is 13.2. The van der Waals surface area contributed by atoms with Crippen LogP contribution in [0.15, 0.2) is 279 Å². The van der Waals surface area contributed by atoms with Crippen molar-refractivity contribution in [2.45, 2.75) is 239 Å². The van der Waals surface area contributed by atoms with Gasteiger partial charge >= 0.3 is 0 Å². The van der Waals surface area contributed by atoms with Crippen LogP contribution in [0.1, 0.15) is 266 Å².